The number of aromatic nitrogens is 1. The van der Waals surface area contributed by atoms with Crippen molar-refractivity contribution in [1.29, 1.82) is 0 Å². The van der Waals surface area contributed by atoms with Gasteiger partial charge in [0, 0.05) is 11.8 Å². The Morgan fingerprint density at radius 3 is 2.38 bits per heavy atom. The lowest BCUT2D eigenvalue weighted by Gasteiger charge is -2.11. The molecule has 1 heterocycles. The first-order valence-corrected chi connectivity index (χ1v) is 6.90. The summed E-state index contributed by atoms with van der Waals surface area (Å²) < 4.78 is 29.5. The summed E-state index contributed by atoms with van der Waals surface area (Å²) in [6.45, 7) is 0.710. The Hall–Kier alpha value is -2.20. The van der Waals surface area contributed by atoms with Crippen LogP contribution in [0.5, 0.6) is 0 Å². The Bertz CT molecular complexity index is 757. The predicted octanol–water partition coefficient (Wildman–Crippen LogP) is 3.47. The Morgan fingerprint density at radius 1 is 0.952 bits per heavy atom. The third-order valence-electron chi connectivity index (χ3n) is 3.68. The van der Waals surface area contributed by atoms with Crippen LogP contribution in [0.25, 0.3) is 10.9 Å². The molecule has 2 nitrogen and oxygen atoms in total. The number of benzene rings is 2. The number of rotatable bonds is 4. The maximum absolute atomic E-state index is 13.8. The molecule has 0 bridgehead atoms. The third-order valence-corrected chi connectivity index (χ3v) is 3.68. The number of nitrogens with two attached hydrogens (primary N) is 1. The molecule has 2 aromatic carbocycles. The van der Waals surface area contributed by atoms with Crippen LogP contribution in [0.2, 0.25) is 0 Å². The Balaban J connectivity index is 2.09. The van der Waals surface area contributed by atoms with E-state index in [0.717, 1.165) is 22.9 Å². The van der Waals surface area contributed by atoms with Gasteiger partial charge >= 0.3 is 0 Å². The summed E-state index contributed by atoms with van der Waals surface area (Å²) >= 11 is 0. The average Bonchev–Trinajstić information content (AvgIpc) is 2.88. The van der Waals surface area contributed by atoms with E-state index in [0.29, 0.717) is 6.54 Å². The fourth-order valence-corrected chi connectivity index (χ4v) is 2.68. The summed E-state index contributed by atoms with van der Waals surface area (Å²) in [6, 6.07) is 11.9. The topological polar surface area (TPSA) is 30.9 Å². The van der Waals surface area contributed by atoms with Gasteiger partial charge in [0.05, 0.1) is 12.1 Å². The van der Waals surface area contributed by atoms with E-state index in [4.69, 9.17) is 5.73 Å². The quantitative estimate of drug-likeness (QED) is 0.782. The van der Waals surface area contributed by atoms with Gasteiger partial charge in [-0.3, -0.25) is 0 Å². The highest BCUT2D eigenvalue weighted by Crippen LogP contribution is 2.23. The zero-order chi connectivity index (χ0) is 14.8. The second kappa shape index (κ2) is 5.66. The van der Waals surface area contributed by atoms with Crippen LogP contribution in [0.15, 0.2) is 48.7 Å². The van der Waals surface area contributed by atoms with E-state index in [1.165, 1.54) is 18.2 Å². The van der Waals surface area contributed by atoms with Gasteiger partial charge in [-0.05, 0) is 42.1 Å². The van der Waals surface area contributed by atoms with Gasteiger partial charge < -0.3 is 10.3 Å². The first kappa shape index (κ1) is 13.8. The van der Waals surface area contributed by atoms with Crippen molar-refractivity contribution >= 4 is 10.9 Å². The van der Waals surface area contributed by atoms with E-state index in [2.05, 4.69) is 0 Å². The molecule has 1 aromatic heterocycles. The summed E-state index contributed by atoms with van der Waals surface area (Å²) in [4.78, 5) is 0. The normalized spacial score (nSPS) is 11.2. The van der Waals surface area contributed by atoms with Crippen LogP contribution in [0, 0.1) is 11.6 Å². The highest BCUT2D eigenvalue weighted by atomic mass is 19.1. The molecule has 0 unspecified atom stereocenters. The van der Waals surface area contributed by atoms with Crippen LogP contribution in [-0.4, -0.2) is 11.1 Å². The molecule has 2 N–H and O–H groups in total. The summed E-state index contributed by atoms with van der Waals surface area (Å²) in [5.74, 6) is -1.04. The second-order valence-electron chi connectivity index (χ2n) is 5.04. The SMILES string of the molecule is NCCc1cccc2ccn(Cc3c(F)cccc3F)c12. The molecule has 0 aliphatic heterocycles. The minimum atomic E-state index is -0.520. The minimum Gasteiger partial charge on any atom is -0.343 e. The fourth-order valence-electron chi connectivity index (χ4n) is 2.68. The maximum atomic E-state index is 13.8. The molecule has 3 rings (SSSR count). The van der Waals surface area contributed by atoms with Gasteiger partial charge in [-0.1, -0.05) is 24.3 Å². The molecular weight excluding hydrogens is 270 g/mol. The molecule has 0 radical (unpaired) electrons. The average molecular weight is 286 g/mol. The standard InChI is InChI=1S/C17H16F2N2/c18-15-5-2-6-16(19)14(15)11-21-10-8-13-4-1-3-12(7-9-20)17(13)21/h1-6,8,10H,7,9,11,20H2. The molecule has 0 amide bonds. The third kappa shape index (κ3) is 2.54. The zero-order valence-electron chi connectivity index (χ0n) is 11.5. The van der Waals surface area contributed by atoms with Crippen molar-refractivity contribution in [3.8, 4) is 0 Å². The molecule has 0 aliphatic rings. The zero-order valence-corrected chi connectivity index (χ0v) is 11.5. The predicted molar refractivity (Wildman–Crippen MR) is 80.2 cm³/mol. The van der Waals surface area contributed by atoms with E-state index < -0.39 is 11.6 Å². The highest BCUT2D eigenvalue weighted by molar-refractivity contribution is 5.83. The molecule has 0 atom stereocenters. The van der Waals surface area contributed by atoms with Gasteiger partial charge in [0.1, 0.15) is 11.6 Å². The van der Waals surface area contributed by atoms with Crippen LogP contribution >= 0.6 is 0 Å². The van der Waals surface area contributed by atoms with Gasteiger partial charge in [0.15, 0.2) is 0 Å². The lowest BCUT2D eigenvalue weighted by molar-refractivity contribution is 0.547. The second-order valence-corrected chi connectivity index (χ2v) is 5.04. The molecule has 0 fully saturated rings. The summed E-state index contributed by atoms with van der Waals surface area (Å²) in [5.41, 5.74) is 7.81. The van der Waals surface area contributed by atoms with Crippen molar-refractivity contribution < 1.29 is 8.78 Å². The summed E-state index contributed by atoms with van der Waals surface area (Å²) in [6.07, 6.45) is 2.59. The van der Waals surface area contributed by atoms with Crippen LogP contribution in [-0.2, 0) is 13.0 Å². The molecule has 3 aromatic rings. The number of hydrogen-bond acceptors (Lipinski definition) is 1. The number of fused-ring (bicyclic) bond motifs is 1. The summed E-state index contributed by atoms with van der Waals surface area (Å²) in [7, 11) is 0. The van der Waals surface area contributed by atoms with Crippen LogP contribution < -0.4 is 5.73 Å². The van der Waals surface area contributed by atoms with Crippen molar-refractivity contribution in [2.24, 2.45) is 5.73 Å². The van der Waals surface area contributed by atoms with Gasteiger partial charge in [-0.25, -0.2) is 8.78 Å². The Kier molecular flexibility index (Phi) is 3.71. The van der Waals surface area contributed by atoms with Gasteiger partial charge in [0.25, 0.3) is 0 Å². The van der Waals surface area contributed by atoms with E-state index in [1.54, 1.807) is 0 Å². The van der Waals surface area contributed by atoms with Gasteiger partial charge in [0.2, 0.25) is 0 Å². The van der Waals surface area contributed by atoms with E-state index in [1.807, 2.05) is 35.0 Å². The van der Waals surface area contributed by atoms with E-state index in [-0.39, 0.29) is 12.1 Å². The minimum absolute atomic E-state index is 0.0811. The number of hydrogen-bond donors (Lipinski definition) is 1. The van der Waals surface area contributed by atoms with E-state index >= 15 is 0 Å². The first-order valence-electron chi connectivity index (χ1n) is 6.90. The van der Waals surface area contributed by atoms with Crippen molar-refractivity contribution in [3.05, 3.63) is 71.4 Å². The molecule has 21 heavy (non-hydrogen) atoms. The van der Waals surface area contributed by atoms with Crippen molar-refractivity contribution in [2.45, 2.75) is 13.0 Å². The fraction of sp³-hybridized carbons (Fsp3) is 0.176. The lowest BCUT2D eigenvalue weighted by Crippen LogP contribution is -2.07. The molecular formula is C17H16F2N2. The monoisotopic (exact) mass is 286 g/mol. The number of nitrogens with zero attached hydrogens (tertiary/aromatic N) is 1. The smallest absolute Gasteiger partial charge is 0.131 e. The maximum Gasteiger partial charge on any atom is 0.131 e. The molecule has 0 aliphatic carbocycles. The van der Waals surface area contributed by atoms with Crippen LogP contribution in [0.1, 0.15) is 11.1 Å². The first-order chi connectivity index (χ1) is 10.2. The molecule has 0 saturated carbocycles. The molecule has 108 valence electrons. The Labute approximate surface area is 121 Å². The van der Waals surface area contributed by atoms with Crippen molar-refractivity contribution in [2.75, 3.05) is 6.54 Å². The number of halogens is 2. The van der Waals surface area contributed by atoms with Crippen molar-refractivity contribution in [3.63, 3.8) is 0 Å². The molecule has 0 spiro atoms. The Morgan fingerprint density at radius 2 is 1.67 bits per heavy atom. The van der Waals surface area contributed by atoms with Gasteiger partial charge in [-0.15, -0.1) is 0 Å². The molecule has 0 saturated heterocycles. The van der Waals surface area contributed by atoms with Crippen LogP contribution in [0.4, 0.5) is 8.78 Å². The number of para-hydroxylation sites is 1. The van der Waals surface area contributed by atoms with Crippen LogP contribution in [0.3, 0.4) is 0 Å². The summed E-state index contributed by atoms with van der Waals surface area (Å²) in [5, 5.41) is 1.05. The lowest BCUT2D eigenvalue weighted by atomic mass is 10.1. The van der Waals surface area contributed by atoms with E-state index in [9.17, 15) is 8.78 Å². The van der Waals surface area contributed by atoms with Gasteiger partial charge in [-0.2, -0.15) is 0 Å². The largest absolute Gasteiger partial charge is 0.343 e. The van der Waals surface area contributed by atoms with Crippen molar-refractivity contribution in [1.82, 2.24) is 4.57 Å². The molecule has 4 heteroatoms. The highest BCUT2D eigenvalue weighted by Gasteiger charge is 2.12.